The molecule has 0 aliphatic rings. The van der Waals surface area contributed by atoms with Gasteiger partial charge in [0.1, 0.15) is 6.54 Å². The highest BCUT2D eigenvalue weighted by Crippen LogP contribution is 2.11. The minimum atomic E-state index is 0.511. The van der Waals surface area contributed by atoms with Crippen LogP contribution >= 0.6 is 0 Å². The fourth-order valence-corrected chi connectivity index (χ4v) is 2.10. The Hall–Kier alpha value is -2.33. The van der Waals surface area contributed by atoms with Crippen molar-refractivity contribution in [3.05, 3.63) is 30.6 Å². The zero-order valence-corrected chi connectivity index (χ0v) is 10.2. The van der Waals surface area contributed by atoms with Gasteiger partial charge in [-0.05, 0) is 18.6 Å². The van der Waals surface area contributed by atoms with Crippen LogP contribution in [-0.2, 0) is 13.1 Å². The number of unbranched alkanes of at least 4 members (excludes halogenated alkanes) is 1. The molecule has 90 valence electrons. The quantitative estimate of drug-likeness (QED) is 0.593. The van der Waals surface area contributed by atoms with Crippen molar-refractivity contribution < 1.29 is 4.57 Å². The van der Waals surface area contributed by atoms with Crippen LogP contribution in [0.15, 0.2) is 30.6 Å². The molecule has 2 aromatic rings. The molecule has 1 aromatic heterocycles. The molecule has 0 saturated heterocycles. The monoisotopic (exact) mass is 239 g/mol. The van der Waals surface area contributed by atoms with Crippen molar-refractivity contribution in [3.8, 4) is 12.1 Å². The molecule has 0 amide bonds. The van der Waals surface area contributed by atoms with Crippen LogP contribution in [0.3, 0.4) is 0 Å². The summed E-state index contributed by atoms with van der Waals surface area (Å²) in [6, 6.07) is 12.5. The van der Waals surface area contributed by atoms with Crippen molar-refractivity contribution in [3.63, 3.8) is 0 Å². The van der Waals surface area contributed by atoms with Gasteiger partial charge in [-0.2, -0.15) is 10.5 Å². The molecule has 0 saturated carbocycles. The largest absolute Gasteiger partial charge is 0.244 e. The van der Waals surface area contributed by atoms with E-state index in [-0.39, 0.29) is 0 Å². The molecular formula is C14H15N4+. The molecule has 0 N–H and O–H groups in total. The van der Waals surface area contributed by atoms with Crippen molar-refractivity contribution in [2.75, 3.05) is 0 Å². The molecule has 0 aliphatic carbocycles. The highest BCUT2D eigenvalue weighted by atomic mass is 15.1. The Morgan fingerprint density at radius 3 is 2.67 bits per heavy atom. The Bertz CT molecular complexity index is 613. The van der Waals surface area contributed by atoms with E-state index in [2.05, 4.69) is 33.4 Å². The van der Waals surface area contributed by atoms with E-state index in [0.29, 0.717) is 19.4 Å². The molecule has 0 fully saturated rings. The number of fused-ring (bicyclic) bond motifs is 1. The van der Waals surface area contributed by atoms with Crippen LogP contribution in [0, 0.1) is 22.7 Å². The molecule has 4 nitrogen and oxygen atoms in total. The molecule has 0 unspecified atom stereocenters. The number of rotatable bonds is 5. The molecule has 0 bridgehead atoms. The summed E-state index contributed by atoms with van der Waals surface area (Å²) in [6.07, 6.45) is 3.98. The van der Waals surface area contributed by atoms with E-state index in [0.717, 1.165) is 24.0 Å². The van der Waals surface area contributed by atoms with Crippen LogP contribution in [0.5, 0.6) is 0 Å². The molecule has 0 aliphatic heterocycles. The smallest absolute Gasteiger partial charge is 0.230 e. The second kappa shape index (κ2) is 5.84. The Morgan fingerprint density at radius 2 is 1.89 bits per heavy atom. The first kappa shape index (κ1) is 12.1. The van der Waals surface area contributed by atoms with Gasteiger partial charge in [0, 0.05) is 6.42 Å². The lowest BCUT2D eigenvalue weighted by Crippen LogP contribution is -2.31. The van der Waals surface area contributed by atoms with Crippen molar-refractivity contribution in [1.29, 1.82) is 10.5 Å². The fraction of sp³-hybridized carbons (Fsp3) is 0.357. The Kier molecular flexibility index (Phi) is 3.94. The summed E-state index contributed by atoms with van der Waals surface area (Å²) in [5.74, 6) is 0. The predicted molar refractivity (Wildman–Crippen MR) is 67.2 cm³/mol. The molecular weight excluding hydrogens is 224 g/mol. The van der Waals surface area contributed by atoms with Crippen molar-refractivity contribution in [2.45, 2.75) is 32.4 Å². The maximum Gasteiger partial charge on any atom is 0.244 e. The molecule has 2 rings (SSSR count). The van der Waals surface area contributed by atoms with Crippen LogP contribution in [0.25, 0.3) is 11.0 Å². The first-order chi connectivity index (χ1) is 8.86. The molecule has 1 aromatic carbocycles. The number of imidazole rings is 1. The van der Waals surface area contributed by atoms with Gasteiger partial charge in [-0.1, -0.05) is 12.1 Å². The highest BCUT2D eigenvalue weighted by Gasteiger charge is 2.13. The minimum absolute atomic E-state index is 0.511. The van der Waals surface area contributed by atoms with Gasteiger partial charge in [0.05, 0.1) is 25.1 Å². The Balaban J connectivity index is 2.30. The number of nitriles is 2. The second-order valence-corrected chi connectivity index (χ2v) is 4.16. The van der Waals surface area contributed by atoms with E-state index >= 15 is 0 Å². The van der Waals surface area contributed by atoms with Crippen LogP contribution in [0.1, 0.15) is 19.3 Å². The molecule has 0 radical (unpaired) electrons. The summed E-state index contributed by atoms with van der Waals surface area (Å²) in [7, 11) is 0. The average molecular weight is 239 g/mol. The average Bonchev–Trinajstić information content (AvgIpc) is 2.76. The van der Waals surface area contributed by atoms with Gasteiger partial charge < -0.3 is 0 Å². The number of hydrogen-bond acceptors (Lipinski definition) is 2. The summed E-state index contributed by atoms with van der Waals surface area (Å²) in [4.78, 5) is 0. The molecule has 0 spiro atoms. The number of aromatic nitrogens is 2. The summed E-state index contributed by atoms with van der Waals surface area (Å²) in [5, 5.41) is 17.3. The van der Waals surface area contributed by atoms with Crippen LogP contribution < -0.4 is 4.57 Å². The van der Waals surface area contributed by atoms with E-state index in [4.69, 9.17) is 10.5 Å². The first-order valence-corrected chi connectivity index (χ1v) is 6.08. The van der Waals surface area contributed by atoms with E-state index in [1.807, 2.05) is 18.5 Å². The standard InChI is InChI=1S/C14H15N4/c15-8-3-4-10-17-12-18(11-5-9-16)14-7-2-1-6-13(14)17/h1-2,6-7,12H,3-5,10-11H2/q+1. The number of benzene rings is 1. The van der Waals surface area contributed by atoms with E-state index in [1.165, 1.54) is 0 Å². The van der Waals surface area contributed by atoms with E-state index in [1.54, 1.807) is 0 Å². The van der Waals surface area contributed by atoms with Gasteiger partial charge in [0.15, 0.2) is 11.0 Å². The lowest BCUT2D eigenvalue weighted by molar-refractivity contribution is -0.671. The van der Waals surface area contributed by atoms with E-state index in [9.17, 15) is 0 Å². The van der Waals surface area contributed by atoms with Crippen molar-refractivity contribution >= 4 is 11.0 Å². The van der Waals surface area contributed by atoms with Gasteiger partial charge in [0.2, 0.25) is 6.33 Å². The summed E-state index contributed by atoms with van der Waals surface area (Å²) in [5.41, 5.74) is 2.30. The number of aryl methyl sites for hydroxylation is 2. The topological polar surface area (TPSA) is 56.4 Å². The molecule has 4 heteroatoms. The predicted octanol–water partition coefficient (Wildman–Crippen LogP) is 2.15. The van der Waals surface area contributed by atoms with Crippen LogP contribution in [0.2, 0.25) is 0 Å². The number of nitrogens with zero attached hydrogens (tertiary/aromatic N) is 4. The summed E-state index contributed by atoms with van der Waals surface area (Å²) >= 11 is 0. The highest BCUT2D eigenvalue weighted by molar-refractivity contribution is 5.71. The van der Waals surface area contributed by atoms with Gasteiger partial charge >= 0.3 is 0 Å². The van der Waals surface area contributed by atoms with Gasteiger partial charge in [-0.25, -0.2) is 9.13 Å². The first-order valence-electron chi connectivity index (χ1n) is 6.08. The molecule has 1 heterocycles. The minimum Gasteiger partial charge on any atom is -0.230 e. The van der Waals surface area contributed by atoms with Crippen molar-refractivity contribution in [1.82, 2.24) is 4.57 Å². The zero-order valence-electron chi connectivity index (χ0n) is 10.2. The van der Waals surface area contributed by atoms with Crippen molar-refractivity contribution in [2.24, 2.45) is 0 Å². The van der Waals surface area contributed by atoms with Crippen LogP contribution in [-0.4, -0.2) is 4.57 Å². The lowest BCUT2D eigenvalue weighted by Gasteiger charge is -1.93. The number of hydrogen-bond donors (Lipinski definition) is 0. The van der Waals surface area contributed by atoms with Gasteiger partial charge in [-0.15, -0.1) is 0 Å². The lowest BCUT2D eigenvalue weighted by atomic mass is 10.3. The van der Waals surface area contributed by atoms with Gasteiger partial charge in [0.25, 0.3) is 0 Å². The third-order valence-electron chi connectivity index (χ3n) is 2.93. The molecule has 0 atom stereocenters. The Labute approximate surface area is 106 Å². The van der Waals surface area contributed by atoms with Crippen LogP contribution in [0.4, 0.5) is 0 Å². The maximum absolute atomic E-state index is 8.67. The zero-order chi connectivity index (χ0) is 12.8. The third kappa shape index (κ3) is 2.49. The van der Waals surface area contributed by atoms with E-state index < -0.39 is 0 Å². The second-order valence-electron chi connectivity index (χ2n) is 4.16. The molecule has 18 heavy (non-hydrogen) atoms. The number of para-hydroxylation sites is 2. The SMILES string of the molecule is N#CCCCn1c[n+](CCC#N)c2ccccc21. The maximum atomic E-state index is 8.67. The summed E-state index contributed by atoms with van der Waals surface area (Å²) in [6.45, 7) is 1.55. The van der Waals surface area contributed by atoms with Gasteiger partial charge in [-0.3, -0.25) is 0 Å². The third-order valence-corrected chi connectivity index (χ3v) is 2.93. The summed E-state index contributed by atoms with van der Waals surface area (Å²) < 4.78 is 4.26. The normalized spacial score (nSPS) is 10.1. The fourth-order valence-electron chi connectivity index (χ4n) is 2.10. The Morgan fingerprint density at radius 1 is 1.11 bits per heavy atom.